The van der Waals surface area contributed by atoms with Gasteiger partial charge in [-0.1, -0.05) is 91.4 Å². The molecular weight excluding hydrogens is 680 g/mol. The van der Waals surface area contributed by atoms with Crippen molar-refractivity contribution in [2.24, 2.45) is 5.92 Å². The van der Waals surface area contributed by atoms with Gasteiger partial charge in [0.05, 0.1) is 19.8 Å². The lowest BCUT2D eigenvalue weighted by molar-refractivity contribution is -0.150. The number of rotatable bonds is 28. The molecule has 288 valence electrons. The fraction of sp³-hybridized carbons (Fsp3) is 0.500. The van der Waals surface area contributed by atoms with Crippen molar-refractivity contribution in [2.75, 3.05) is 26.4 Å². The average molecular weight is 741 g/mol. The number of hydrogen-bond acceptors (Lipinski definition) is 7. The molecule has 1 aromatic rings. The number of esters is 1. The minimum Gasteiger partial charge on any atom is -0.478 e. The fourth-order valence-electron chi connectivity index (χ4n) is 4.57. The molecule has 0 heterocycles. The number of carbonyl (C=O) groups excluding carboxylic acids is 3. The summed E-state index contributed by atoms with van der Waals surface area (Å²) in [4.78, 5) is 38.3. The number of aliphatic hydroxyl groups is 2. The SMILES string of the molecule is CCC=CCC=CCC=CCC=CCC=CCC=CCCC(=O)NC(CCCCNC(=O)C(C)(C)Oc1ccc(Cl)cc1)C(=O)OCC(CO)CO. The van der Waals surface area contributed by atoms with Crippen LogP contribution in [0.25, 0.3) is 0 Å². The predicted molar refractivity (Wildman–Crippen MR) is 211 cm³/mol. The second-order valence-corrected chi connectivity index (χ2v) is 13.2. The molecule has 1 aromatic carbocycles. The molecule has 0 fully saturated rings. The van der Waals surface area contributed by atoms with Gasteiger partial charge < -0.3 is 30.3 Å². The van der Waals surface area contributed by atoms with E-state index in [9.17, 15) is 24.6 Å². The lowest BCUT2D eigenvalue weighted by Crippen LogP contribution is -2.47. The van der Waals surface area contributed by atoms with E-state index < -0.39 is 23.5 Å². The Hall–Kier alpha value is -3.92. The highest BCUT2D eigenvalue weighted by molar-refractivity contribution is 6.30. The van der Waals surface area contributed by atoms with Crippen LogP contribution in [0.4, 0.5) is 0 Å². The zero-order valence-electron chi connectivity index (χ0n) is 31.3. The molecule has 0 aliphatic heterocycles. The summed E-state index contributed by atoms with van der Waals surface area (Å²) < 4.78 is 11.1. The van der Waals surface area contributed by atoms with E-state index in [1.807, 2.05) is 12.2 Å². The minimum atomic E-state index is -1.12. The standard InChI is InChI=1S/C42H61ClN2O7/c1-4-5-6-7-8-9-10-11-12-13-14-15-16-17-18-19-20-21-22-26-39(48)45-38(40(49)51-34-35(32-46)33-47)25-23-24-31-44-41(50)42(2,3)52-37-29-27-36(43)28-30-37/h5-6,8-9,11-12,14-15,17-18,20-21,27-30,35,38,46-47H,4,7,10,13,16,19,22-26,31-34H2,1-3H3,(H,44,50)(H,45,48). The molecule has 0 aromatic heterocycles. The zero-order chi connectivity index (χ0) is 38.3. The van der Waals surface area contributed by atoms with E-state index in [0.717, 1.165) is 38.5 Å². The third-order valence-electron chi connectivity index (χ3n) is 7.67. The first-order valence-corrected chi connectivity index (χ1v) is 18.8. The Balaban J connectivity index is 2.42. The molecular formula is C42H61ClN2O7. The van der Waals surface area contributed by atoms with Gasteiger partial charge in [-0.15, -0.1) is 0 Å². The summed E-state index contributed by atoms with van der Waals surface area (Å²) in [6, 6.07) is 5.86. The van der Waals surface area contributed by atoms with Gasteiger partial charge in [0.2, 0.25) is 5.91 Å². The Morgan fingerprint density at radius 2 is 1.31 bits per heavy atom. The molecule has 0 saturated carbocycles. The fourth-order valence-corrected chi connectivity index (χ4v) is 4.69. The molecule has 0 aliphatic carbocycles. The number of carbonyl (C=O) groups is 3. The van der Waals surface area contributed by atoms with E-state index in [4.69, 9.17) is 21.1 Å². The summed E-state index contributed by atoms with van der Waals surface area (Å²) in [5.74, 6) is -1.28. The van der Waals surface area contributed by atoms with Crippen LogP contribution >= 0.6 is 11.6 Å². The monoisotopic (exact) mass is 740 g/mol. The first kappa shape index (κ1) is 46.1. The lowest BCUT2D eigenvalue weighted by Gasteiger charge is -2.25. The van der Waals surface area contributed by atoms with Crippen LogP contribution in [0.2, 0.25) is 5.02 Å². The number of hydrogen-bond donors (Lipinski definition) is 4. The summed E-state index contributed by atoms with van der Waals surface area (Å²) in [7, 11) is 0. The first-order chi connectivity index (χ1) is 25.1. The van der Waals surface area contributed by atoms with E-state index in [0.29, 0.717) is 43.0 Å². The maximum Gasteiger partial charge on any atom is 0.328 e. The van der Waals surface area contributed by atoms with E-state index >= 15 is 0 Å². The first-order valence-electron chi connectivity index (χ1n) is 18.4. The van der Waals surface area contributed by atoms with Crippen LogP contribution in [0.5, 0.6) is 5.75 Å². The van der Waals surface area contributed by atoms with Crippen LogP contribution in [0.3, 0.4) is 0 Å². The maximum atomic E-state index is 12.8. The van der Waals surface area contributed by atoms with E-state index in [2.05, 4.69) is 78.3 Å². The second-order valence-electron chi connectivity index (χ2n) is 12.8. The van der Waals surface area contributed by atoms with Crippen LogP contribution in [0.15, 0.2) is 97.2 Å². The van der Waals surface area contributed by atoms with Crippen LogP contribution in [-0.2, 0) is 19.1 Å². The normalized spacial score (nSPS) is 13.1. The molecule has 1 rings (SSSR count). The van der Waals surface area contributed by atoms with Gasteiger partial charge in [-0.25, -0.2) is 4.79 Å². The topological polar surface area (TPSA) is 134 Å². The van der Waals surface area contributed by atoms with Crippen molar-refractivity contribution in [2.45, 2.75) is 103 Å². The number of unbranched alkanes of at least 4 members (excludes halogenated alkanes) is 1. The average Bonchev–Trinajstić information content (AvgIpc) is 3.13. The van der Waals surface area contributed by atoms with Gasteiger partial charge in [0.25, 0.3) is 5.91 Å². The van der Waals surface area contributed by atoms with Crippen molar-refractivity contribution in [1.82, 2.24) is 10.6 Å². The van der Waals surface area contributed by atoms with Crippen LogP contribution in [0, 0.1) is 5.92 Å². The summed E-state index contributed by atoms with van der Waals surface area (Å²) >= 11 is 5.92. The molecule has 0 aliphatic rings. The molecule has 52 heavy (non-hydrogen) atoms. The van der Waals surface area contributed by atoms with Crippen molar-refractivity contribution < 1.29 is 34.1 Å². The van der Waals surface area contributed by atoms with Crippen molar-refractivity contribution in [3.8, 4) is 5.75 Å². The molecule has 1 atom stereocenters. The molecule has 9 nitrogen and oxygen atoms in total. The number of aliphatic hydroxyl groups excluding tert-OH is 2. The minimum absolute atomic E-state index is 0.157. The largest absolute Gasteiger partial charge is 0.478 e. The van der Waals surface area contributed by atoms with Crippen molar-refractivity contribution in [3.63, 3.8) is 0 Å². The van der Waals surface area contributed by atoms with E-state index in [-0.39, 0.29) is 38.1 Å². The highest BCUT2D eigenvalue weighted by Gasteiger charge is 2.29. The van der Waals surface area contributed by atoms with Crippen LogP contribution in [-0.4, -0.2) is 66.0 Å². The highest BCUT2D eigenvalue weighted by atomic mass is 35.5. The molecule has 0 saturated heterocycles. The smallest absolute Gasteiger partial charge is 0.328 e. The Labute approximate surface area is 316 Å². The van der Waals surface area contributed by atoms with Crippen molar-refractivity contribution >= 4 is 29.4 Å². The molecule has 0 spiro atoms. The predicted octanol–water partition coefficient (Wildman–Crippen LogP) is 7.89. The second kappa shape index (κ2) is 29.6. The maximum absolute atomic E-state index is 12.8. The number of benzene rings is 1. The summed E-state index contributed by atoms with van der Waals surface area (Å²) in [5.41, 5.74) is -1.12. The van der Waals surface area contributed by atoms with Gasteiger partial charge in [-0.3, -0.25) is 9.59 Å². The van der Waals surface area contributed by atoms with Gasteiger partial charge >= 0.3 is 5.97 Å². The van der Waals surface area contributed by atoms with Crippen LogP contribution < -0.4 is 15.4 Å². The lowest BCUT2D eigenvalue weighted by atomic mass is 10.1. The van der Waals surface area contributed by atoms with Crippen LogP contribution in [0.1, 0.15) is 91.4 Å². The van der Waals surface area contributed by atoms with Gasteiger partial charge in [0, 0.05) is 23.9 Å². The molecule has 0 radical (unpaired) electrons. The Bertz CT molecular complexity index is 1310. The Morgan fingerprint density at radius 3 is 1.83 bits per heavy atom. The van der Waals surface area contributed by atoms with Gasteiger partial charge in [0.15, 0.2) is 5.60 Å². The molecule has 0 bridgehead atoms. The number of halogens is 1. The van der Waals surface area contributed by atoms with Gasteiger partial charge in [0.1, 0.15) is 11.8 Å². The number of ether oxygens (including phenoxy) is 2. The quantitative estimate of drug-likeness (QED) is 0.0390. The molecule has 10 heteroatoms. The third-order valence-corrected chi connectivity index (χ3v) is 7.92. The molecule has 4 N–H and O–H groups in total. The van der Waals surface area contributed by atoms with Crippen molar-refractivity contribution in [3.05, 3.63) is 102 Å². The molecule has 1 unspecified atom stereocenters. The number of allylic oxidation sites excluding steroid dienone is 12. The number of nitrogens with one attached hydrogen (secondary N) is 2. The van der Waals surface area contributed by atoms with E-state index in [1.54, 1.807) is 38.1 Å². The van der Waals surface area contributed by atoms with Crippen molar-refractivity contribution in [1.29, 1.82) is 0 Å². The number of amides is 2. The summed E-state index contributed by atoms with van der Waals surface area (Å²) in [6.45, 7) is 5.01. The van der Waals surface area contributed by atoms with Gasteiger partial charge in [-0.05, 0) is 102 Å². The van der Waals surface area contributed by atoms with Gasteiger partial charge in [-0.2, -0.15) is 0 Å². The zero-order valence-corrected chi connectivity index (χ0v) is 32.1. The Morgan fingerprint density at radius 1 is 0.788 bits per heavy atom. The summed E-state index contributed by atoms with van der Waals surface area (Å²) in [5, 5.41) is 24.8. The summed E-state index contributed by atoms with van der Waals surface area (Å²) in [6.07, 6.45) is 33.2. The highest BCUT2D eigenvalue weighted by Crippen LogP contribution is 2.21. The Kier molecular flexibility index (Phi) is 26.3. The third kappa shape index (κ3) is 23.5. The molecule has 2 amide bonds. The van der Waals surface area contributed by atoms with E-state index in [1.165, 1.54) is 0 Å².